The molecule has 29 heavy (non-hydrogen) atoms. The molecule has 0 saturated heterocycles. The first kappa shape index (κ1) is 21.1. The molecule has 2 aromatic rings. The predicted molar refractivity (Wildman–Crippen MR) is 98.7 cm³/mol. The number of alkyl halides is 3. The standard InChI is InChI=1S/C19H19F3N2O4S/c20-19(21,22)28-15-6-8-16(9-7-15)29(26,27)24-12-17(25)23-13-18(10-11-18)14-4-2-1-3-5-14/h1-9,24H,10-13H2,(H,23,25). The number of ether oxygens (including phenoxy) is 1. The molecule has 1 aliphatic rings. The van der Waals surface area contributed by atoms with Gasteiger partial charge >= 0.3 is 6.36 Å². The molecular formula is C19H19F3N2O4S. The van der Waals surface area contributed by atoms with Crippen LogP contribution in [0.25, 0.3) is 0 Å². The topological polar surface area (TPSA) is 84.5 Å². The molecule has 0 aromatic heterocycles. The van der Waals surface area contributed by atoms with E-state index in [1.807, 2.05) is 30.3 Å². The molecule has 0 aliphatic heterocycles. The van der Waals surface area contributed by atoms with Crippen LogP contribution in [0.2, 0.25) is 0 Å². The molecule has 1 aliphatic carbocycles. The minimum atomic E-state index is -4.87. The first-order valence-electron chi connectivity index (χ1n) is 8.77. The summed E-state index contributed by atoms with van der Waals surface area (Å²) in [5, 5.41) is 2.73. The first-order chi connectivity index (χ1) is 13.6. The monoisotopic (exact) mass is 428 g/mol. The van der Waals surface area contributed by atoms with Crippen molar-refractivity contribution >= 4 is 15.9 Å². The molecule has 1 amide bonds. The summed E-state index contributed by atoms with van der Waals surface area (Å²) >= 11 is 0. The first-order valence-corrected chi connectivity index (χ1v) is 10.3. The fourth-order valence-corrected chi connectivity index (χ4v) is 3.89. The quantitative estimate of drug-likeness (QED) is 0.677. The predicted octanol–water partition coefficient (Wildman–Crippen LogP) is 2.71. The number of nitrogens with one attached hydrogen (secondary N) is 2. The molecule has 0 atom stereocenters. The minimum Gasteiger partial charge on any atom is -0.406 e. The van der Waals surface area contributed by atoms with Crippen LogP contribution in [-0.4, -0.2) is 33.8 Å². The zero-order valence-electron chi connectivity index (χ0n) is 15.2. The molecule has 0 unspecified atom stereocenters. The summed E-state index contributed by atoms with van der Waals surface area (Å²) in [4.78, 5) is 11.8. The van der Waals surface area contributed by atoms with Crippen LogP contribution in [0.3, 0.4) is 0 Å². The Balaban J connectivity index is 1.51. The van der Waals surface area contributed by atoms with Gasteiger partial charge in [0, 0.05) is 12.0 Å². The van der Waals surface area contributed by atoms with Gasteiger partial charge in [0.05, 0.1) is 11.4 Å². The Bertz CT molecular complexity index is 957. The van der Waals surface area contributed by atoms with Crippen molar-refractivity contribution in [3.63, 3.8) is 0 Å². The lowest BCUT2D eigenvalue weighted by molar-refractivity contribution is -0.274. The van der Waals surface area contributed by atoms with Crippen molar-refractivity contribution in [1.29, 1.82) is 0 Å². The number of sulfonamides is 1. The minimum absolute atomic E-state index is 0.107. The van der Waals surface area contributed by atoms with E-state index in [2.05, 4.69) is 14.8 Å². The molecule has 6 nitrogen and oxygen atoms in total. The zero-order valence-corrected chi connectivity index (χ0v) is 16.0. The summed E-state index contributed by atoms with van der Waals surface area (Å²) < 4.78 is 66.7. The maximum atomic E-state index is 12.2. The second-order valence-corrected chi connectivity index (χ2v) is 8.53. The fourth-order valence-electron chi connectivity index (χ4n) is 2.90. The summed E-state index contributed by atoms with van der Waals surface area (Å²) in [6.07, 6.45) is -2.99. The Labute approximate surface area is 166 Å². The van der Waals surface area contributed by atoms with Crippen molar-refractivity contribution in [3.8, 4) is 5.75 Å². The van der Waals surface area contributed by atoms with Crippen LogP contribution in [0, 0.1) is 0 Å². The lowest BCUT2D eigenvalue weighted by Gasteiger charge is -2.16. The second-order valence-electron chi connectivity index (χ2n) is 6.77. The van der Waals surface area contributed by atoms with E-state index < -0.39 is 34.6 Å². The Morgan fingerprint density at radius 1 is 1.03 bits per heavy atom. The smallest absolute Gasteiger partial charge is 0.406 e. The molecule has 1 saturated carbocycles. The fraction of sp³-hybridized carbons (Fsp3) is 0.316. The number of carbonyl (C=O) groups is 1. The lowest BCUT2D eigenvalue weighted by Crippen LogP contribution is -2.40. The average Bonchev–Trinajstić information content (AvgIpc) is 3.46. The summed E-state index contributed by atoms with van der Waals surface area (Å²) in [6, 6.07) is 13.5. The van der Waals surface area contributed by atoms with Gasteiger partial charge in [-0.2, -0.15) is 0 Å². The molecule has 0 radical (unpaired) electrons. The van der Waals surface area contributed by atoms with E-state index in [4.69, 9.17) is 0 Å². The molecule has 0 spiro atoms. The largest absolute Gasteiger partial charge is 0.573 e. The Morgan fingerprint density at radius 2 is 1.66 bits per heavy atom. The van der Waals surface area contributed by atoms with Gasteiger partial charge in [-0.05, 0) is 42.7 Å². The Morgan fingerprint density at radius 3 is 2.21 bits per heavy atom. The van der Waals surface area contributed by atoms with Crippen molar-refractivity contribution in [2.45, 2.75) is 29.5 Å². The van der Waals surface area contributed by atoms with Gasteiger partial charge in [-0.1, -0.05) is 30.3 Å². The van der Waals surface area contributed by atoms with Crippen molar-refractivity contribution in [2.75, 3.05) is 13.1 Å². The van der Waals surface area contributed by atoms with Gasteiger partial charge in [0.25, 0.3) is 0 Å². The van der Waals surface area contributed by atoms with Gasteiger partial charge in [0.2, 0.25) is 15.9 Å². The molecule has 2 aromatic carbocycles. The number of benzene rings is 2. The van der Waals surface area contributed by atoms with Crippen LogP contribution in [-0.2, 0) is 20.2 Å². The maximum absolute atomic E-state index is 12.2. The Hall–Kier alpha value is -2.59. The van der Waals surface area contributed by atoms with Crippen molar-refractivity contribution < 1.29 is 31.1 Å². The third-order valence-corrected chi connectivity index (χ3v) is 6.07. The van der Waals surface area contributed by atoms with Crippen molar-refractivity contribution in [1.82, 2.24) is 10.0 Å². The number of hydrogen-bond acceptors (Lipinski definition) is 4. The number of carbonyl (C=O) groups excluding carboxylic acids is 1. The summed E-state index contributed by atoms with van der Waals surface area (Å²) in [5.41, 5.74) is 1.02. The van der Waals surface area contributed by atoms with E-state index in [0.29, 0.717) is 6.54 Å². The van der Waals surface area contributed by atoms with Crippen molar-refractivity contribution in [2.24, 2.45) is 0 Å². The highest BCUT2D eigenvalue weighted by Gasteiger charge is 2.44. The van der Waals surface area contributed by atoms with E-state index in [1.165, 1.54) is 0 Å². The number of hydrogen-bond donors (Lipinski definition) is 2. The average molecular weight is 428 g/mol. The van der Waals surface area contributed by atoms with E-state index in [1.54, 1.807) is 0 Å². The van der Waals surface area contributed by atoms with Gasteiger partial charge in [-0.3, -0.25) is 4.79 Å². The molecule has 0 heterocycles. The van der Waals surface area contributed by atoms with Crippen molar-refractivity contribution in [3.05, 3.63) is 60.2 Å². The molecule has 3 rings (SSSR count). The van der Waals surface area contributed by atoms with Crippen LogP contribution in [0.4, 0.5) is 13.2 Å². The highest BCUT2D eigenvalue weighted by atomic mass is 32.2. The molecule has 10 heteroatoms. The second kappa shape index (κ2) is 8.03. The normalized spacial score (nSPS) is 15.6. The van der Waals surface area contributed by atoms with Crippen LogP contribution in [0.15, 0.2) is 59.5 Å². The highest BCUT2D eigenvalue weighted by Crippen LogP contribution is 2.47. The summed E-state index contributed by atoms with van der Waals surface area (Å²) in [6.45, 7) is -0.0743. The van der Waals surface area contributed by atoms with Gasteiger partial charge in [0.15, 0.2) is 0 Å². The number of rotatable bonds is 8. The molecular weight excluding hydrogens is 409 g/mol. The van der Waals surface area contributed by atoms with Crippen LogP contribution in [0.5, 0.6) is 5.75 Å². The molecule has 156 valence electrons. The van der Waals surface area contributed by atoms with Gasteiger partial charge in [-0.25, -0.2) is 13.1 Å². The lowest BCUT2D eigenvalue weighted by atomic mass is 9.96. The van der Waals surface area contributed by atoms with E-state index in [0.717, 1.165) is 42.7 Å². The highest BCUT2D eigenvalue weighted by molar-refractivity contribution is 7.89. The van der Waals surface area contributed by atoms with E-state index in [-0.39, 0.29) is 10.3 Å². The van der Waals surface area contributed by atoms with Crippen LogP contribution in [0.1, 0.15) is 18.4 Å². The number of halogens is 3. The van der Waals surface area contributed by atoms with Crippen LogP contribution < -0.4 is 14.8 Å². The number of amides is 1. The molecule has 1 fully saturated rings. The third kappa shape index (κ3) is 5.70. The Kier molecular flexibility index (Phi) is 5.85. The van der Waals surface area contributed by atoms with Gasteiger partial charge in [-0.15, -0.1) is 13.2 Å². The molecule has 2 N–H and O–H groups in total. The molecule has 0 bridgehead atoms. The van der Waals surface area contributed by atoms with E-state index in [9.17, 15) is 26.4 Å². The summed E-state index contributed by atoms with van der Waals surface area (Å²) in [5.74, 6) is -1.03. The summed E-state index contributed by atoms with van der Waals surface area (Å²) in [7, 11) is -4.05. The van der Waals surface area contributed by atoms with Gasteiger partial charge in [0.1, 0.15) is 5.75 Å². The third-order valence-electron chi connectivity index (χ3n) is 4.65. The van der Waals surface area contributed by atoms with E-state index >= 15 is 0 Å². The SMILES string of the molecule is O=C(CNS(=O)(=O)c1ccc(OC(F)(F)F)cc1)NCC1(c2ccccc2)CC1. The van der Waals surface area contributed by atoms with Gasteiger partial charge < -0.3 is 10.1 Å². The maximum Gasteiger partial charge on any atom is 0.573 e. The zero-order chi connectivity index (χ0) is 21.1. The van der Waals surface area contributed by atoms with Crippen LogP contribution >= 0.6 is 0 Å².